The fourth-order valence-electron chi connectivity index (χ4n) is 3.75. The van der Waals surface area contributed by atoms with Crippen molar-refractivity contribution in [3.05, 3.63) is 113 Å². The van der Waals surface area contributed by atoms with E-state index in [4.69, 9.17) is 14.2 Å². The van der Waals surface area contributed by atoms with Crippen molar-refractivity contribution in [2.45, 2.75) is 19.6 Å². The van der Waals surface area contributed by atoms with Crippen molar-refractivity contribution >= 4 is 17.9 Å². The Morgan fingerprint density at radius 1 is 1.03 bits per heavy atom. The summed E-state index contributed by atoms with van der Waals surface area (Å²) in [6.07, 6.45) is 5.43. The zero-order valence-corrected chi connectivity index (χ0v) is 17.7. The van der Waals surface area contributed by atoms with Gasteiger partial charge in [-0.15, -0.1) is 0 Å². The molecule has 4 nitrogen and oxygen atoms in total. The SMILES string of the molecule is C=Cc1ccc(COc2ccc3c(c2)O/C(=C\C2=Cc4ccccc4O[C@@H]2C)C3=O)cc1. The second kappa shape index (κ2) is 8.23. The van der Waals surface area contributed by atoms with Gasteiger partial charge in [-0.2, -0.15) is 0 Å². The molecule has 3 aromatic carbocycles. The Morgan fingerprint density at radius 2 is 1.84 bits per heavy atom. The van der Waals surface area contributed by atoms with Gasteiger partial charge in [0.15, 0.2) is 5.76 Å². The number of carbonyl (C=O) groups excluding carboxylic acids is 1. The predicted octanol–water partition coefficient (Wildman–Crippen LogP) is 6.23. The molecular weight excluding hydrogens is 400 g/mol. The van der Waals surface area contributed by atoms with Crippen LogP contribution in [0.4, 0.5) is 0 Å². The summed E-state index contributed by atoms with van der Waals surface area (Å²) in [6, 6.07) is 21.1. The summed E-state index contributed by atoms with van der Waals surface area (Å²) in [6.45, 7) is 6.14. The van der Waals surface area contributed by atoms with Crippen molar-refractivity contribution in [3.8, 4) is 17.2 Å². The number of hydrogen-bond donors (Lipinski definition) is 0. The van der Waals surface area contributed by atoms with E-state index in [0.717, 1.165) is 28.0 Å². The molecule has 32 heavy (non-hydrogen) atoms. The van der Waals surface area contributed by atoms with Crippen LogP contribution in [0.2, 0.25) is 0 Å². The molecule has 2 heterocycles. The van der Waals surface area contributed by atoms with E-state index in [1.807, 2.05) is 61.5 Å². The fraction of sp³-hybridized carbons (Fsp3) is 0.107. The molecule has 0 fully saturated rings. The van der Waals surface area contributed by atoms with Gasteiger partial charge in [0.05, 0.1) is 5.56 Å². The van der Waals surface area contributed by atoms with Crippen molar-refractivity contribution in [3.63, 3.8) is 0 Å². The third kappa shape index (κ3) is 3.83. The minimum absolute atomic E-state index is 0.140. The average Bonchev–Trinajstić information content (AvgIpc) is 3.13. The van der Waals surface area contributed by atoms with Gasteiger partial charge in [-0.1, -0.05) is 55.1 Å². The average molecular weight is 422 g/mol. The fourth-order valence-corrected chi connectivity index (χ4v) is 3.75. The molecule has 0 amide bonds. The Balaban J connectivity index is 1.33. The molecule has 2 aliphatic heterocycles. The molecule has 0 radical (unpaired) electrons. The van der Waals surface area contributed by atoms with E-state index in [-0.39, 0.29) is 11.9 Å². The molecule has 5 rings (SSSR count). The number of carbonyl (C=O) groups is 1. The first-order chi connectivity index (χ1) is 15.6. The second-order valence-corrected chi connectivity index (χ2v) is 7.77. The lowest BCUT2D eigenvalue weighted by molar-refractivity contribution is 0.101. The minimum Gasteiger partial charge on any atom is -0.489 e. The first-order valence-corrected chi connectivity index (χ1v) is 10.5. The topological polar surface area (TPSA) is 44.8 Å². The third-order valence-corrected chi connectivity index (χ3v) is 5.57. The van der Waals surface area contributed by atoms with Crippen LogP contribution in [0.25, 0.3) is 12.2 Å². The third-order valence-electron chi connectivity index (χ3n) is 5.57. The van der Waals surface area contributed by atoms with Crippen LogP contribution in [-0.4, -0.2) is 11.9 Å². The van der Waals surface area contributed by atoms with Crippen molar-refractivity contribution in [2.24, 2.45) is 0 Å². The standard InChI is InChI=1S/C28H22O4/c1-3-19-8-10-20(11-9-19)17-30-23-12-13-24-26(16-23)32-27(28(24)29)15-22-14-21-6-4-5-7-25(21)31-18(22)2/h3-16,18H,1,17H2,2H3/b27-15-/t18-/m1/s1. The Labute approximate surface area is 187 Å². The maximum Gasteiger partial charge on any atom is 0.231 e. The molecule has 0 unspecified atom stereocenters. The van der Waals surface area contributed by atoms with Gasteiger partial charge < -0.3 is 14.2 Å². The van der Waals surface area contributed by atoms with E-state index in [2.05, 4.69) is 6.58 Å². The second-order valence-electron chi connectivity index (χ2n) is 7.77. The van der Waals surface area contributed by atoms with Crippen LogP contribution in [0.15, 0.2) is 90.7 Å². The predicted molar refractivity (Wildman–Crippen MR) is 125 cm³/mol. The largest absolute Gasteiger partial charge is 0.489 e. The monoisotopic (exact) mass is 422 g/mol. The highest BCUT2D eigenvalue weighted by Crippen LogP contribution is 2.36. The summed E-state index contributed by atoms with van der Waals surface area (Å²) in [5.41, 5.74) is 4.52. The molecular formula is C28H22O4. The Kier molecular flexibility index (Phi) is 5.12. The van der Waals surface area contributed by atoms with Gasteiger partial charge in [-0.3, -0.25) is 4.79 Å². The van der Waals surface area contributed by atoms with Gasteiger partial charge in [0, 0.05) is 11.6 Å². The van der Waals surface area contributed by atoms with E-state index < -0.39 is 0 Å². The summed E-state index contributed by atoms with van der Waals surface area (Å²) < 4.78 is 17.8. The molecule has 0 aliphatic carbocycles. The van der Waals surface area contributed by atoms with E-state index >= 15 is 0 Å². The Hall–Kier alpha value is -4.05. The summed E-state index contributed by atoms with van der Waals surface area (Å²) >= 11 is 0. The molecule has 0 saturated carbocycles. The lowest BCUT2D eigenvalue weighted by atomic mass is 10.0. The lowest BCUT2D eigenvalue weighted by Crippen LogP contribution is -2.18. The molecule has 0 spiro atoms. The number of hydrogen-bond acceptors (Lipinski definition) is 4. The quantitative estimate of drug-likeness (QED) is 0.457. The van der Waals surface area contributed by atoms with Gasteiger partial charge in [0.25, 0.3) is 0 Å². The Morgan fingerprint density at radius 3 is 2.66 bits per heavy atom. The highest BCUT2D eigenvalue weighted by Gasteiger charge is 2.29. The summed E-state index contributed by atoms with van der Waals surface area (Å²) in [5, 5.41) is 0. The van der Waals surface area contributed by atoms with Crippen molar-refractivity contribution < 1.29 is 19.0 Å². The maximum absolute atomic E-state index is 12.9. The number of benzene rings is 3. The summed E-state index contributed by atoms with van der Waals surface area (Å²) in [7, 11) is 0. The van der Waals surface area contributed by atoms with E-state index in [1.165, 1.54) is 0 Å². The number of fused-ring (bicyclic) bond motifs is 2. The van der Waals surface area contributed by atoms with Gasteiger partial charge in [0.1, 0.15) is 30.0 Å². The Bertz CT molecular complexity index is 1260. The van der Waals surface area contributed by atoms with Crippen LogP contribution in [0, 0.1) is 0 Å². The number of para-hydroxylation sites is 1. The number of ketones is 1. The van der Waals surface area contributed by atoms with E-state index in [1.54, 1.807) is 30.4 Å². The van der Waals surface area contributed by atoms with Gasteiger partial charge in [-0.25, -0.2) is 0 Å². The molecule has 0 N–H and O–H groups in total. The summed E-state index contributed by atoms with van der Waals surface area (Å²) in [5.74, 6) is 2.14. The molecule has 0 bridgehead atoms. The van der Waals surface area contributed by atoms with Gasteiger partial charge in [0.2, 0.25) is 5.78 Å². The molecule has 0 saturated heterocycles. The first kappa shape index (κ1) is 19.9. The van der Waals surface area contributed by atoms with Crippen LogP contribution in [-0.2, 0) is 6.61 Å². The van der Waals surface area contributed by atoms with E-state index in [9.17, 15) is 4.79 Å². The van der Waals surface area contributed by atoms with Crippen LogP contribution in [0.1, 0.15) is 34.0 Å². The first-order valence-electron chi connectivity index (χ1n) is 10.5. The van der Waals surface area contributed by atoms with Gasteiger partial charge in [-0.05, 0) is 54.0 Å². The van der Waals surface area contributed by atoms with Crippen LogP contribution < -0.4 is 14.2 Å². The summed E-state index contributed by atoms with van der Waals surface area (Å²) in [4.78, 5) is 12.9. The number of allylic oxidation sites excluding steroid dienone is 1. The van der Waals surface area contributed by atoms with E-state index in [0.29, 0.717) is 29.4 Å². The molecule has 2 aliphatic rings. The minimum atomic E-state index is -0.177. The van der Waals surface area contributed by atoms with Crippen LogP contribution in [0.3, 0.4) is 0 Å². The van der Waals surface area contributed by atoms with Crippen molar-refractivity contribution in [1.82, 2.24) is 0 Å². The number of Topliss-reactive ketones (excluding diaryl/α,β-unsaturated/α-hetero) is 1. The maximum atomic E-state index is 12.9. The zero-order chi connectivity index (χ0) is 22.1. The van der Waals surface area contributed by atoms with Gasteiger partial charge >= 0.3 is 0 Å². The lowest BCUT2D eigenvalue weighted by Gasteiger charge is -2.22. The van der Waals surface area contributed by atoms with Crippen LogP contribution >= 0.6 is 0 Å². The molecule has 1 atom stereocenters. The zero-order valence-electron chi connectivity index (χ0n) is 17.7. The normalized spacial score (nSPS) is 17.7. The number of rotatable bonds is 5. The molecule has 3 aromatic rings. The van der Waals surface area contributed by atoms with Crippen molar-refractivity contribution in [2.75, 3.05) is 0 Å². The smallest absolute Gasteiger partial charge is 0.231 e. The molecule has 158 valence electrons. The highest BCUT2D eigenvalue weighted by molar-refractivity contribution is 6.12. The molecule has 4 heteroatoms. The van der Waals surface area contributed by atoms with Crippen LogP contribution in [0.5, 0.6) is 17.2 Å². The highest BCUT2D eigenvalue weighted by atomic mass is 16.5. The van der Waals surface area contributed by atoms with Crippen molar-refractivity contribution in [1.29, 1.82) is 0 Å². The number of ether oxygens (including phenoxy) is 3. The molecule has 0 aromatic heterocycles.